The molecule has 0 bridgehead atoms. The van der Waals surface area contributed by atoms with Gasteiger partial charge in [-0.2, -0.15) is 4.99 Å². The highest BCUT2D eigenvalue weighted by Crippen LogP contribution is 2.30. The summed E-state index contributed by atoms with van der Waals surface area (Å²) in [7, 11) is 0. The Morgan fingerprint density at radius 2 is 2.19 bits per heavy atom. The second-order valence-corrected chi connectivity index (χ2v) is 6.36. The van der Waals surface area contributed by atoms with Crippen molar-refractivity contribution in [1.29, 1.82) is 0 Å². The highest BCUT2D eigenvalue weighted by Gasteiger charge is 2.29. The quantitative estimate of drug-likeness (QED) is 0.821. The predicted molar refractivity (Wildman–Crippen MR) is 84.3 cm³/mol. The molecule has 0 spiro atoms. The first-order valence-corrected chi connectivity index (χ1v) is 8.15. The fourth-order valence-corrected chi connectivity index (χ4v) is 3.51. The van der Waals surface area contributed by atoms with Crippen molar-refractivity contribution in [2.45, 2.75) is 13.8 Å². The number of quaternary nitrogens is 1. The Bertz CT molecular complexity index is 598. The maximum Gasteiger partial charge on any atom is 0.286 e. The molecule has 1 aromatic heterocycles. The molecular formula is C15H20N3O2S+. The third-order valence-electron chi connectivity index (χ3n) is 3.88. The van der Waals surface area contributed by atoms with Crippen LogP contribution in [0.25, 0.3) is 6.08 Å². The molecule has 21 heavy (non-hydrogen) atoms. The molecule has 1 saturated heterocycles. The van der Waals surface area contributed by atoms with E-state index in [2.05, 4.69) is 16.8 Å². The molecule has 112 valence electrons. The van der Waals surface area contributed by atoms with Crippen molar-refractivity contribution in [1.82, 2.24) is 4.90 Å². The largest absolute Gasteiger partial charge is 0.462 e. The average molecular weight is 306 g/mol. The summed E-state index contributed by atoms with van der Waals surface area (Å²) in [5.41, 5.74) is 0. The van der Waals surface area contributed by atoms with Gasteiger partial charge in [0.05, 0.1) is 37.6 Å². The molecule has 6 heteroatoms. The number of amides is 1. The van der Waals surface area contributed by atoms with Gasteiger partial charge in [0, 0.05) is 6.08 Å². The molecular weight excluding hydrogens is 286 g/mol. The molecule has 0 aromatic carbocycles. The van der Waals surface area contributed by atoms with Gasteiger partial charge in [0.25, 0.3) is 5.91 Å². The number of nitrogens with zero attached hydrogens (tertiary/aromatic N) is 2. The van der Waals surface area contributed by atoms with Crippen molar-refractivity contribution in [3.8, 4) is 0 Å². The average Bonchev–Trinajstić information content (AvgIpc) is 3.06. The van der Waals surface area contributed by atoms with Crippen LogP contribution in [0.5, 0.6) is 0 Å². The molecule has 0 atom stereocenters. The van der Waals surface area contributed by atoms with Crippen molar-refractivity contribution in [3.63, 3.8) is 0 Å². The zero-order valence-corrected chi connectivity index (χ0v) is 13.2. The van der Waals surface area contributed by atoms with Gasteiger partial charge in [-0.1, -0.05) is 0 Å². The van der Waals surface area contributed by atoms with E-state index < -0.39 is 0 Å². The number of carbonyl (C=O) groups is 1. The lowest BCUT2D eigenvalue weighted by Crippen LogP contribution is -3.14. The minimum absolute atomic E-state index is 0.158. The van der Waals surface area contributed by atoms with Crippen LogP contribution in [0, 0.1) is 6.92 Å². The molecule has 1 fully saturated rings. The van der Waals surface area contributed by atoms with Gasteiger partial charge in [-0.15, -0.1) is 0 Å². The third kappa shape index (κ3) is 3.22. The van der Waals surface area contributed by atoms with E-state index in [1.165, 1.54) is 11.8 Å². The smallest absolute Gasteiger partial charge is 0.286 e. The highest BCUT2D eigenvalue weighted by atomic mass is 32.2. The van der Waals surface area contributed by atoms with E-state index in [0.717, 1.165) is 43.7 Å². The number of hydrogen-bond acceptors (Lipinski definition) is 4. The predicted octanol–water partition coefficient (Wildman–Crippen LogP) is 0.779. The van der Waals surface area contributed by atoms with E-state index in [0.29, 0.717) is 10.7 Å². The zero-order valence-electron chi connectivity index (χ0n) is 12.4. The molecule has 3 rings (SSSR count). The molecule has 0 unspecified atom stereocenters. The number of aliphatic imine (C=N–C) groups is 1. The number of thioether (sulfide) groups is 1. The SMILES string of the molecule is CC[NH+]1CCN(C2=NC(=O)/C(=C/c3ccc(C)o3)S2)CC1. The van der Waals surface area contributed by atoms with Crippen molar-refractivity contribution in [2.75, 3.05) is 32.7 Å². The third-order valence-corrected chi connectivity index (χ3v) is 4.93. The van der Waals surface area contributed by atoms with Gasteiger partial charge in [0.1, 0.15) is 11.5 Å². The van der Waals surface area contributed by atoms with Crippen LogP contribution in [0.4, 0.5) is 0 Å². The molecule has 0 radical (unpaired) electrons. The molecule has 2 aliphatic rings. The molecule has 0 aliphatic carbocycles. The van der Waals surface area contributed by atoms with E-state index in [1.807, 2.05) is 19.1 Å². The number of piperazine rings is 1. The van der Waals surface area contributed by atoms with Crippen molar-refractivity contribution >= 4 is 28.9 Å². The Hall–Kier alpha value is -1.53. The van der Waals surface area contributed by atoms with Crippen LogP contribution >= 0.6 is 11.8 Å². The second kappa shape index (κ2) is 6.07. The molecule has 3 heterocycles. The summed E-state index contributed by atoms with van der Waals surface area (Å²) in [5, 5.41) is 0.838. The van der Waals surface area contributed by atoms with Crippen LogP contribution in [-0.4, -0.2) is 48.7 Å². The van der Waals surface area contributed by atoms with Crippen LogP contribution in [0.2, 0.25) is 0 Å². The Morgan fingerprint density at radius 1 is 1.43 bits per heavy atom. The van der Waals surface area contributed by atoms with Crippen molar-refractivity contribution < 1.29 is 14.1 Å². The lowest BCUT2D eigenvalue weighted by molar-refractivity contribution is -0.902. The van der Waals surface area contributed by atoms with Gasteiger partial charge in [-0.05, 0) is 37.7 Å². The first-order chi connectivity index (χ1) is 10.2. The minimum atomic E-state index is -0.158. The summed E-state index contributed by atoms with van der Waals surface area (Å²) in [4.78, 5) is 20.7. The van der Waals surface area contributed by atoms with E-state index in [1.54, 1.807) is 11.0 Å². The number of likely N-dealkylation sites (N-methyl/N-ethyl adjacent to an activating group) is 1. The number of carbonyl (C=O) groups excluding carboxylic acids is 1. The van der Waals surface area contributed by atoms with Crippen molar-refractivity contribution in [2.24, 2.45) is 4.99 Å². The molecule has 0 saturated carbocycles. The number of nitrogens with one attached hydrogen (secondary N) is 1. The van der Waals surface area contributed by atoms with E-state index >= 15 is 0 Å². The number of furan rings is 1. The summed E-state index contributed by atoms with van der Waals surface area (Å²) >= 11 is 1.46. The van der Waals surface area contributed by atoms with Gasteiger partial charge in [-0.25, -0.2) is 0 Å². The first kappa shape index (κ1) is 14.4. The van der Waals surface area contributed by atoms with Gasteiger partial charge in [0.15, 0.2) is 5.17 Å². The van der Waals surface area contributed by atoms with Gasteiger partial charge >= 0.3 is 0 Å². The molecule has 5 nitrogen and oxygen atoms in total. The summed E-state index contributed by atoms with van der Waals surface area (Å²) < 4.78 is 5.49. The maximum absolute atomic E-state index is 12.0. The standard InChI is InChI=1S/C15H19N3O2S/c1-3-17-6-8-18(9-7-17)15-16-14(19)13(21-15)10-12-5-4-11(2)20-12/h4-5,10H,3,6-9H2,1-2H3/p+1/b13-10-. The van der Waals surface area contributed by atoms with Crippen LogP contribution < -0.4 is 4.90 Å². The van der Waals surface area contributed by atoms with E-state index in [4.69, 9.17) is 4.42 Å². The summed E-state index contributed by atoms with van der Waals surface area (Å²) in [6.45, 7) is 9.42. The van der Waals surface area contributed by atoms with E-state index in [9.17, 15) is 4.79 Å². The first-order valence-electron chi connectivity index (χ1n) is 7.33. The lowest BCUT2D eigenvalue weighted by Gasteiger charge is -2.32. The maximum atomic E-state index is 12.0. The molecule has 2 aliphatic heterocycles. The number of hydrogen-bond donors (Lipinski definition) is 1. The van der Waals surface area contributed by atoms with Gasteiger partial charge < -0.3 is 14.2 Å². The van der Waals surface area contributed by atoms with Crippen LogP contribution in [0.3, 0.4) is 0 Å². The summed E-state index contributed by atoms with van der Waals surface area (Å²) in [6.07, 6.45) is 1.78. The Balaban J connectivity index is 1.66. The fourth-order valence-electron chi connectivity index (χ4n) is 2.56. The minimum Gasteiger partial charge on any atom is -0.462 e. The van der Waals surface area contributed by atoms with Crippen LogP contribution in [-0.2, 0) is 4.79 Å². The molecule has 1 aromatic rings. The Morgan fingerprint density at radius 3 is 2.81 bits per heavy atom. The number of rotatable bonds is 2. The highest BCUT2D eigenvalue weighted by molar-refractivity contribution is 8.18. The monoisotopic (exact) mass is 306 g/mol. The fraction of sp³-hybridized carbons (Fsp3) is 0.467. The van der Waals surface area contributed by atoms with Gasteiger partial charge in [-0.3, -0.25) is 4.79 Å². The zero-order chi connectivity index (χ0) is 14.8. The Kier molecular flexibility index (Phi) is 4.17. The normalized spacial score (nSPS) is 22.2. The number of aryl methyl sites for hydroxylation is 1. The molecule has 1 amide bonds. The van der Waals surface area contributed by atoms with Crippen molar-refractivity contribution in [3.05, 3.63) is 28.6 Å². The van der Waals surface area contributed by atoms with Gasteiger partial charge in [0.2, 0.25) is 0 Å². The van der Waals surface area contributed by atoms with Crippen LogP contribution in [0.15, 0.2) is 26.4 Å². The summed E-state index contributed by atoms with van der Waals surface area (Å²) in [6, 6.07) is 3.77. The van der Waals surface area contributed by atoms with Crippen LogP contribution in [0.1, 0.15) is 18.4 Å². The molecule has 1 N–H and O–H groups in total. The topological polar surface area (TPSA) is 50.2 Å². The van der Waals surface area contributed by atoms with E-state index in [-0.39, 0.29) is 5.91 Å². The summed E-state index contributed by atoms with van der Waals surface area (Å²) in [5.74, 6) is 1.39. The Labute approximate surface area is 128 Å². The number of amidine groups is 1. The lowest BCUT2D eigenvalue weighted by atomic mass is 10.3. The second-order valence-electron chi connectivity index (χ2n) is 5.35.